The van der Waals surface area contributed by atoms with Crippen molar-refractivity contribution < 1.29 is 16.0 Å². The van der Waals surface area contributed by atoms with E-state index in [1.165, 1.54) is 14.0 Å². The second kappa shape index (κ2) is 6.11. The maximum absolute atomic E-state index is 12.0. The quantitative estimate of drug-likeness (QED) is 0.473. The molecule has 0 aliphatic rings. The molecule has 15 heavy (non-hydrogen) atoms. The molecule has 0 N–H and O–H groups in total. The summed E-state index contributed by atoms with van der Waals surface area (Å²) in [6.45, 7) is 1.29. The van der Waals surface area contributed by atoms with Crippen LogP contribution in [0, 0.1) is 0 Å². The van der Waals surface area contributed by atoms with Crippen LogP contribution in [-0.2, 0) is 3.83 Å². The number of benzene rings is 1. The van der Waals surface area contributed by atoms with E-state index in [0.717, 1.165) is 0 Å². The molecule has 0 fully saturated rings. The van der Waals surface area contributed by atoms with Crippen LogP contribution in [-0.4, -0.2) is 27.0 Å². The molecular weight excluding hydrogens is 284 g/mol. The second-order valence-electron chi connectivity index (χ2n) is 2.54. The van der Waals surface area contributed by atoms with Crippen LogP contribution in [0.3, 0.4) is 0 Å². The number of hydrogen-bond donors (Lipinski definition) is 0. The first-order valence-electron chi connectivity index (χ1n) is 5.19. The van der Waals surface area contributed by atoms with Gasteiger partial charge in [-0.05, 0) is 0 Å². The van der Waals surface area contributed by atoms with Crippen molar-refractivity contribution in [3.05, 3.63) is 18.2 Å². The Bertz CT molecular complexity index is 421. The van der Waals surface area contributed by atoms with Crippen LogP contribution < -0.4 is 13.9 Å². The SMILES string of the molecule is [1H][13C@@]([2H])(C)[Se](=O)c1ccc(OC)cc1OCCl. The van der Waals surface area contributed by atoms with Crippen LogP contribution in [0.2, 0.25) is 5.27 Å². The Morgan fingerprint density at radius 1 is 1.73 bits per heavy atom. The zero-order valence-electron chi connectivity index (χ0n) is 10.5. The second-order valence-corrected chi connectivity index (χ2v) is 5.66. The van der Waals surface area contributed by atoms with E-state index in [0.29, 0.717) is 16.0 Å². The topological polar surface area (TPSA) is 35.5 Å². The zero-order chi connectivity index (χ0) is 13.1. The van der Waals surface area contributed by atoms with Crippen LogP contribution in [0.15, 0.2) is 18.2 Å². The average molecular weight is 298 g/mol. The van der Waals surface area contributed by atoms with Crippen LogP contribution in [0.1, 0.15) is 9.67 Å². The summed E-state index contributed by atoms with van der Waals surface area (Å²) in [5.74, 6) is 0.856. The summed E-state index contributed by atoms with van der Waals surface area (Å²) in [5, 5.41) is -1.75. The molecule has 3 nitrogen and oxygen atoms in total. The van der Waals surface area contributed by atoms with Gasteiger partial charge in [0.1, 0.15) is 0 Å². The Labute approximate surface area is 101 Å². The van der Waals surface area contributed by atoms with E-state index in [9.17, 15) is 3.83 Å². The summed E-state index contributed by atoms with van der Waals surface area (Å²) >= 11 is 2.62. The normalized spacial score (nSPS) is 18.3. The molecule has 1 rings (SSSR count). The summed E-state index contributed by atoms with van der Waals surface area (Å²) in [7, 11) is 1.50. The monoisotopic (exact) mass is 298 g/mol. The maximum atomic E-state index is 12.0. The molecule has 0 heterocycles. The van der Waals surface area contributed by atoms with E-state index >= 15 is 0 Å². The van der Waals surface area contributed by atoms with Gasteiger partial charge in [0.2, 0.25) is 0 Å². The first-order valence-corrected chi connectivity index (χ1v) is 7.13. The summed E-state index contributed by atoms with van der Waals surface area (Å²) in [6.07, 6.45) is 0. The fraction of sp³-hybridized carbons (Fsp3) is 0.400. The number of hydrogen-bond acceptors (Lipinski definition) is 3. The standard InChI is InChI=1S/C10H13ClO3Se/c1-3-15(12)10-5-4-8(13-2)6-9(10)14-7-11/h4-6H,3,7H2,1-2H3/i3+1DH/t3-,15?/m1/s1. The minimum absolute atomic E-state index is 0.0915. The Morgan fingerprint density at radius 3 is 3.00 bits per heavy atom. The van der Waals surface area contributed by atoms with Crippen molar-refractivity contribution in [2.24, 2.45) is 0 Å². The van der Waals surface area contributed by atoms with Gasteiger partial charge >= 0.3 is 101 Å². The Morgan fingerprint density at radius 2 is 2.47 bits per heavy atom. The van der Waals surface area contributed by atoms with Gasteiger partial charge in [-0.25, -0.2) is 0 Å². The van der Waals surface area contributed by atoms with Gasteiger partial charge in [0.25, 0.3) is 0 Å². The first-order chi connectivity index (χ1) is 7.90. The predicted molar refractivity (Wildman–Crippen MR) is 60.9 cm³/mol. The van der Waals surface area contributed by atoms with Gasteiger partial charge in [-0.15, -0.1) is 0 Å². The van der Waals surface area contributed by atoms with Crippen LogP contribution in [0.25, 0.3) is 0 Å². The summed E-state index contributed by atoms with van der Waals surface area (Å²) in [4.78, 5) is 0. The Hall–Kier alpha value is -0.571. The van der Waals surface area contributed by atoms with Crippen LogP contribution in [0.4, 0.5) is 0 Å². The van der Waals surface area contributed by atoms with E-state index in [1.54, 1.807) is 18.2 Å². The van der Waals surface area contributed by atoms with Crippen molar-refractivity contribution in [1.29, 1.82) is 0 Å². The molecule has 0 aliphatic heterocycles. The third-order valence-corrected chi connectivity index (χ3v) is 4.18. The average Bonchev–Trinajstić information content (AvgIpc) is 2.27. The fourth-order valence-corrected chi connectivity index (χ4v) is 2.66. The van der Waals surface area contributed by atoms with Gasteiger partial charge in [0.05, 0.1) is 0 Å². The number of rotatable bonds is 5. The Balaban J connectivity index is 3.18. The van der Waals surface area contributed by atoms with Gasteiger partial charge in [0, 0.05) is 0 Å². The number of halogens is 1. The molecule has 0 bridgehead atoms. The Kier molecular flexibility index (Phi) is 3.93. The van der Waals surface area contributed by atoms with Crippen molar-refractivity contribution >= 4 is 29.9 Å². The number of ether oxygens (including phenoxy) is 2. The number of alkyl halides is 1. The number of methoxy groups -OCH3 is 1. The van der Waals surface area contributed by atoms with Gasteiger partial charge in [-0.1, -0.05) is 0 Å². The summed E-state index contributed by atoms with van der Waals surface area (Å²) in [5.41, 5.74) is 0. The molecule has 1 aromatic rings. The van der Waals surface area contributed by atoms with Crippen molar-refractivity contribution in [3.63, 3.8) is 0 Å². The molecule has 0 saturated heterocycles. The van der Waals surface area contributed by atoms with Gasteiger partial charge in [0.15, 0.2) is 0 Å². The zero-order valence-corrected chi connectivity index (χ0v) is 10.9. The molecule has 0 aliphatic carbocycles. The summed E-state index contributed by atoms with van der Waals surface area (Å²) < 4.78 is 37.5. The van der Waals surface area contributed by atoms with Crippen molar-refractivity contribution in [2.45, 2.75) is 12.2 Å². The van der Waals surface area contributed by atoms with E-state index in [4.69, 9.17) is 23.8 Å². The summed E-state index contributed by atoms with van der Waals surface area (Å²) in [6, 6.07) is 4.64. The molecule has 84 valence electrons. The third-order valence-electron chi connectivity index (χ3n) is 1.75. The van der Waals surface area contributed by atoms with Crippen molar-refractivity contribution in [1.82, 2.24) is 0 Å². The van der Waals surface area contributed by atoms with E-state index in [1.807, 2.05) is 0 Å². The molecule has 1 aromatic carbocycles. The first kappa shape index (κ1) is 9.64. The molecule has 0 radical (unpaired) electrons. The fourth-order valence-electron chi connectivity index (χ4n) is 1.05. The van der Waals surface area contributed by atoms with E-state index in [-0.39, 0.29) is 6.07 Å². The molecule has 0 spiro atoms. The van der Waals surface area contributed by atoms with Crippen molar-refractivity contribution in [3.8, 4) is 11.5 Å². The van der Waals surface area contributed by atoms with Gasteiger partial charge < -0.3 is 0 Å². The van der Waals surface area contributed by atoms with E-state index in [2.05, 4.69) is 0 Å². The molecule has 0 saturated carbocycles. The third kappa shape index (κ3) is 3.20. The molecule has 5 heteroatoms. The molecule has 1 unspecified atom stereocenters. The van der Waals surface area contributed by atoms with Gasteiger partial charge in [-0.3, -0.25) is 0 Å². The molecular formula is C10H13ClO3Se. The minimum atomic E-state index is -2.86. The van der Waals surface area contributed by atoms with Crippen LogP contribution in [0.5, 0.6) is 11.5 Å². The van der Waals surface area contributed by atoms with Crippen molar-refractivity contribution in [2.75, 3.05) is 13.2 Å². The van der Waals surface area contributed by atoms with Gasteiger partial charge in [-0.2, -0.15) is 0 Å². The predicted octanol–water partition coefficient (Wildman–Crippen LogP) is 1.92. The van der Waals surface area contributed by atoms with Crippen LogP contribution >= 0.6 is 11.6 Å². The molecule has 0 aromatic heterocycles. The molecule has 2 atom stereocenters. The van der Waals surface area contributed by atoms with E-state index < -0.39 is 19.1 Å². The molecule has 0 amide bonds.